The van der Waals surface area contributed by atoms with Gasteiger partial charge in [-0.05, 0) is 43.7 Å². The van der Waals surface area contributed by atoms with Gasteiger partial charge in [-0.15, -0.1) is 0 Å². The number of carbonyl (C=O) groups is 1. The molecule has 0 spiro atoms. The number of aryl methyl sites for hydroxylation is 2. The summed E-state index contributed by atoms with van der Waals surface area (Å²) in [6.45, 7) is 4.78. The lowest BCUT2D eigenvalue weighted by Gasteiger charge is -2.10. The van der Waals surface area contributed by atoms with Gasteiger partial charge in [0.2, 0.25) is 0 Å². The lowest BCUT2D eigenvalue weighted by atomic mass is 10.1. The van der Waals surface area contributed by atoms with Crippen LogP contribution in [0.1, 0.15) is 21.6 Å². The van der Waals surface area contributed by atoms with Gasteiger partial charge in [0.15, 0.2) is 0 Å². The molecule has 0 aliphatic rings. The van der Waals surface area contributed by atoms with Crippen LogP contribution >= 0.6 is 0 Å². The third kappa shape index (κ3) is 2.93. The van der Waals surface area contributed by atoms with Gasteiger partial charge in [0.05, 0.1) is 6.54 Å². The number of aromatic nitrogens is 1. The Bertz CT molecular complexity index is 850. The normalized spacial score (nSPS) is 10.9. The highest BCUT2D eigenvalue weighted by atomic mass is 16.5. The highest BCUT2D eigenvalue weighted by Crippen LogP contribution is 2.27. The Balaban J connectivity index is 1.92. The van der Waals surface area contributed by atoms with Crippen molar-refractivity contribution in [2.45, 2.75) is 20.4 Å². The molecule has 0 aliphatic carbocycles. The first-order valence-electron chi connectivity index (χ1n) is 7.58. The van der Waals surface area contributed by atoms with Crippen molar-refractivity contribution in [3.63, 3.8) is 0 Å². The molecule has 4 heteroatoms. The molecule has 118 valence electrons. The van der Waals surface area contributed by atoms with E-state index in [1.54, 1.807) is 0 Å². The fraction of sp³-hybridized carbons (Fsp3) is 0.211. The summed E-state index contributed by atoms with van der Waals surface area (Å²) < 4.78 is 7.54. The van der Waals surface area contributed by atoms with Gasteiger partial charge in [0, 0.05) is 10.9 Å². The predicted molar refractivity (Wildman–Crippen MR) is 90.3 cm³/mol. The average Bonchev–Trinajstić information content (AvgIpc) is 2.81. The maximum atomic E-state index is 11.7. The molecule has 0 bridgehead atoms. The molecule has 0 fully saturated rings. The number of aromatic carboxylic acids is 1. The summed E-state index contributed by atoms with van der Waals surface area (Å²) in [6, 6.07) is 15.5. The van der Waals surface area contributed by atoms with Crippen LogP contribution in [0.5, 0.6) is 5.75 Å². The van der Waals surface area contributed by atoms with Gasteiger partial charge in [-0.1, -0.05) is 29.8 Å². The van der Waals surface area contributed by atoms with Crippen LogP contribution in [0, 0.1) is 13.8 Å². The smallest absolute Gasteiger partial charge is 0.352 e. The Kier molecular flexibility index (Phi) is 4.06. The van der Waals surface area contributed by atoms with Crippen molar-refractivity contribution in [1.82, 2.24) is 4.57 Å². The number of hydrogen-bond acceptors (Lipinski definition) is 2. The molecule has 0 radical (unpaired) electrons. The van der Waals surface area contributed by atoms with Gasteiger partial charge in [0.25, 0.3) is 0 Å². The number of benzene rings is 2. The molecule has 1 aromatic heterocycles. The SMILES string of the molecule is Cc1ccc2c(c1)c(C)c(C(=O)O)n2CCOc1ccccc1. The van der Waals surface area contributed by atoms with Gasteiger partial charge < -0.3 is 14.4 Å². The van der Waals surface area contributed by atoms with Crippen molar-refractivity contribution in [2.24, 2.45) is 0 Å². The second kappa shape index (κ2) is 6.16. The largest absolute Gasteiger partial charge is 0.492 e. The Morgan fingerprint density at radius 3 is 2.57 bits per heavy atom. The number of fused-ring (bicyclic) bond motifs is 1. The summed E-state index contributed by atoms with van der Waals surface area (Å²) in [5.74, 6) is -0.121. The number of ether oxygens (including phenoxy) is 1. The molecule has 0 saturated carbocycles. The monoisotopic (exact) mass is 309 g/mol. The quantitative estimate of drug-likeness (QED) is 0.774. The van der Waals surface area contributed by atoms with Crippen molar-refractivity contribution in [3.8, 4) is 5.75 Å². The molecule has 0 saturated heterocycles. The van der Waals surface area contributed by atoms with Crippen LogP contribution in [-0.2, 0) is 6.54 Å². The number of carboxylic acids is 1. The van der Waals surface area contributed by atoms with Crippen LogP contribution in [0.3, 0.4) is 0 Å². The molecule has 0 unspecified atom stereocenters. The van der Waals surface area contributed by atoms with E-state index in [1.165, 1.54) is 0 Å². The topological polar surface area (TPSA) is 51.5 Å². The molecule has 2 aromatic carbocycles. The first-order chi connectivity index (χ1) is 11.1. The Labute approximate surface area is 134 Å². The average molecular weight is 309 g/mol. The Morgan fingerprint density at radius 2 is 1.87 bits per heavy atom. The molecule has 23 heavy (non-hydrogen) atoms. The van der Waals surface area contributed by atoms with Gasteiger partial charge in [-0.2, -0.15) is 0 Å². The summed E-state index contributed by atoms with van der Waals surface area (Å²) in [4.78, 5) is 11.7. The summed E-state index contributed by atoms with van der Waals surface area (Å²) in [5.41, 5.74) is 3.19. The maximum absolute atomic E-state index is 11.7. The molecule has 3 aromatic rings. The lowest BCUT2D eigenvalue weighted by Crippen LogP contribution is -2.14. The molecule has 1 heterocycles. The van der Waals surface area contributed by atoms with E-state index >= 15 is 0 Å². The molecule has 0 amide bonds. The number of carboxylic acid groups (broad SMARTS) is 1. The van der Waals surface area contributed by atoms with Crippen LogP contribution in [0.2, 0.25) is 0 Å². The molecular formula is C19H19NO3. The minimum absolute atomic E-state index is 0.335. The number of hydrogen-bond donors (Lipinski definition) is 1. The third-order valence-corrected chi connectivity index (χ3v) is 4.00. The van der Waals surface area contributed by atoms with Crippen molar-refractivity contribution >= 4 is 16.9 Å². The van der Waals surface area contributed by atoms with Gasteiger partial charge >= 0.3 is 5.97 Å². The van der Waals surface area contributed by atoms with Crippen LogP contribution in [-0.4, -0.2) is 22.2 Å². The fourth-order valence-corrected chi connectivity index (χ4v) is 2.92. The second-order valence-corrected chi connectivity index (χ2v) is 5.61. The van der Waals surface area contributed by atoms with E-state index in [4.69, 9.17) is 4.74 Å². The molecule has 3 rings (SSSR count). The minimum atomic E-state index is -0.906. The second-order valence-electron chi connectivity index (χ2n) is 5.61. The Morgan fingerprint density at radius 1 is 1.13 bits per heavy atom. The molecule has 0 atom stereocenters. The van der Waals surface area contributed by atoms with Crippen molar-refractivity contribution in [1.29, 1.82) is 0 Å². The Hall–Kier alpha value is -2.75. The van der Waals surface area contributed by atoms with E-state index in [2.05, 4.69) is 0 Å². The van der Waals surface area contributed by atoms with Crippen molar-refractivity contribution in [2.75, 3.05) is 6.61 Å². The van der Waals surface area contributed by atoms with Crippen LogP contribution < -0.4 is 4.74 Å². The number of nitrogens with zero attached hydrogens (tertiary/aromatic N) is 1. The van der Waals surface area contributed by atoms with Gasteiger partial charge in [-0.3, -0.25) is 0 Å². The van der Waals surface area contributed by atoms with Gasteiger partial charge in [0.1, 0.15) is 18.1 Å². The first kappa shape index (κ1) is 15.2. The van der Waals surface area contributed by atoms with E-state index in [1.807, 2.05) is 66.9 Å². The van der Waals surface area contributed by atoms with E-state index < -0.39 is 5.97 Å². The van der Waals surface area contributed by atoms with Crippen LogP contribution in [0.15, 0.2) is 48.5 Å². The van der Waals surface area contributed by atoms with E-state index in [-0.39, 0.29) is 0 Å². The number of para-hydroxylation sites is 1. The van der Waals surface area contributed by atoms with E-state index in [9.17, 15) is 9.90 Å². The number of rotatable bonds is 5. The molecule has 0 aliphatic heterocycles. The molecule has 4 nitrogen and oxygen atoms in total. The molecular weight excluding hydrogens is 290 g/mol. The van der Waals surface area contributed by atoms with E-state index in [0.29, 0.717) is 18.8 Å². The minimum Gasteiger partial charge on any atom is -0.492 e. The van der Waals surface area contributed by atoms with Crippen molar-refractivity contribution < 1.29 is 14.6 Å². The summed E-state index contributed by atoms with van der Waals surface area (Å²) in [5, 5.41) is 10.6. The summed E-state index contributed by atoms with van der Waals surface area (Å²) >= 11 is 0. The highest BCUT2D eigenvalue weighted by molar-refractivity contribution is 5.98. The zero-order valence-corrected chi connectivity index (χ0v) is 13.2. The predicted octanol–water partition coefficient (Wildman–Crippen LogP) is 4.04. The first-order valence-corrected chi connectivity index (χ1v) is 7.58. The standard InChI is InChI=1S/C19H19NO3/c1-13-8-9-17-16(12-13)14(2)18(19(21)22)20(17)10-11-23-15-6-4-3-5-7-15/h3-9,12H,10-11H2,1-2H3,(H,21,22). The van der Waals surface area contributed by atoms with E-state index in [0.717, 1.165) is 27.8 Å². The summed E-state index contributed by atoms with van der Waals surface area (Å²) in [7, 11) is 0. The third-order valence-electron chi connectivity index (χ3n) is 4.00. The van der Waals surface area contributed by atoms with Crippen molar-refractivity contribution in [3.05, 3.63) is 65.4 Å². The zero-order chi connectivity index (χ0) is 16.4. The fourth-order valence-electron chi connectivity index (χ4n) is 2.92. The van der Waals surface area contributed by atoms with Crippen LogP contribution in [0.4, 0.5) is 0 Å². The maximum Gasteiger partial charge on any atom is 0.352 e. The van der Waals surface area contributed by atoms with Crippen LogP contribution in [0.25, 0.3) is 10.9 Å². The summed E-state index contributed by atoms with van der Waals surface area (Å²) in [6.07, 6.45) is 0. The lowest BCUT2D eigenvalue weighted by molar-refractivity contribution is 0.0684. The highest BCUT2D eigenvalue weighted by Gasteiger charge is 2.19. The van der Waals surface area contributed by atoms with Gasteiger partial charge in [-0.25, -0.2) is 4.79 Å². The zero-order valence-electron chi connectivity index (χ0n) is 13.2. The molecule has 1 N–H and O–H groups in total.